The highest BCUT2D eigenvalue weighted by Crippen LogP contribution is 2.25. The van der Waals surface area contributed by atoms with Gasteiger partial charge in [-0.1, -0.05) is 36.4 Å². The highest BCUT2D eigenvalue weighted by Gasteiger charge is 2.07. The number of benzene rings is 2. The molecule has 1 amide bonds. The Hall–Kier alpha value is -3.36. The Balaban J connectivity index is 0.000000299. The lowest BCUT2D eigenvalue weighted by Crippen LogP contribution is -2.14. The molecule has 168 valence electrons. The van der Waals surface area contributed by atoms with E-state index in [1.54, 1.807) is 25.7 Å². The van der Waals surface area contributed by atoms with Gasteiger partial charge in [-0.05, 0) is 50.4 Å². The molecule has 2 aromatic carbocycles. The van der Waals surface area contributed by atoms with Crippen molar-refractivity contribution >= 4 is 35.0 Å². The van der Waals surface area contributed by atoms with E-state index >= 15 is 0 Å². The van der Waals surface area contributed by atoms with E-state index in [9.17, 15) is 9.18 Å². The minimum Gasteiger partial charge on any atom is -0.322 e. The molecule has 1 heterocycles. The second kappa shape index (κ2) is 15.4. The van der Waals surface area contributed by atoms with Crippen LogP contribution in [0.15, 0.2) is 78.1 Å². The predicted octanol–water partition coefficient (Wildman–Crippen LogP) is 5.19. The van der Waals surface area contributed by atoms with Gasteiger partial charge >= 0.3 is 0 Å². The van der Waals surface area contributed by atoms with E-state index in [0.29, 0.717) is 11.6 Å². The van der Waals surface area contributed by atoms with E-state index < -0.39 is 0 Å². The molecule has 0 aliphatic carbocycles. The van der Waals surface area contributed by atoms with Gasteiger partial charge in [-0.2, -0.15) is 0 Å². The number of carbonyl (C=O) groups is 1. The summed E-state index contributed by atoms with van der Waals surface area (Å²) in [6.07, 6.45) is 5.00. The third-order valence-electron chi connectivity index (χ3n) is 3.67. The number of anilines is 1. The van der Waals surface area contributed by atoms with Gasteiger partial charge in [0.15, 0.2) is 0 Å². The lowest BCUT2D eigenvalue weighted by atomic mass is 10.2. The van der Waals surface area contributed by atoms with E-state index in [1.165, 1.54) is 47.1 Å². The summed E-state index contributed by atoms with van der Waals surface area (Å²) in [5, 5.41) is 2.60. The van der Waals surface area contributed by atoms with Gasteiger partial charge in [0.2, 0.25) is 0 Å². The van der Waals surface area contributed by atoms with E-state index in [1.807, 2.05) is 25.1 Å². The van der Waals surface area contributed by atoms with Gasteiger partial charge in [-0.25, -0.2) is 9.37 Å². The molecule has 0 bridgehead atoms. The fourth-order valence-corrected chi connectivity index (χ4v) is 2.91. The molecule has 6 nitrogen and oxygen atoms in total. The maximum atomic E-state index is 12.7. The zero-order valence-corrected chi connectivity index (χ0v) is 19.3. The molecule has 3 aromatic rings. The maximum absolute atomic E-state index is 12.7. The van der Waals surface area contributed by atoms with Gasteiger partial charge in [-0.15, -0.1) is 11.8 Å². The Kier molecular flexibility index (Phi) is 12.9. The average molecular weight is 454 g/mol. The van der Waals surface area contributed by atoms with E-state index in [2.05, 4.69) is 45.2 Å². The summed E-state index contributed by atoms with van der Waals surface area (Å²) < 4.78 is 12.7. The van der Waals surface area contributed by atoms with Crippen LogP contribution in [0.3, 0.4) is 0 Å². The van der Waals surface area contributed by atoms with Crippen LogP contribution < -0.4 is 11.1 Å². The molecular weight excluding hydrogens is 425 g/mol. The summed E-state index contributed by atoms with van der Waals surface area (Å²) >= 11 is 1.67. The molecule has 0 aliphatic heterocycles. The van der Waals surface area contributed by atoms with Crippen LogP contribution in [-0.4, -0.2) is 35.5 Å². The molecule has 0 saturated heterocycles. The number of hydrogen-bond acceptors (Lipinski definition) is 6. The number of hydrogen-bond donors (Lipinski definition) is 2. The van der Waals surface area contributed by atoms with Crippen molar-refractivity contribution in [3.05, 3.63) is 95.8 Å². The molecule has 32 heavy (non-hydrogen) atoms. The summed E-state index contributed by atoms with van der Waals surface area (Å²) in [5.41, 5.74) is 8.18. The van der Waals surface area contributed by atoms with Crippen molar-refractivity contribution in [1.82, 2.24) is 9.97 Å². The number of aryl methyl sites for hydroxylation is 1. The Morgan fingerprint density at radius 3 is 2.28 bits per heavy atom. The van der Waals surface area contributed by atoms with E-state index in [4.69, 9.17) is 5.73 Å². The second-order valence-electron chi connectivity index (χ2n) is 6.15. The monoisotopic (exact) mass is 453 g/mol. The minimum atomic E-state index is -0.371. The maximum Gasteiger partial charge on any atom is 0.275 e. The fourth-order valence-electron chi connectivity index (χ4n) is 2.26. The van der Waals surface area contributed by atoms with Gasteiger partial charge in [0.1, 0.15) is 11.5 Å². The quantitative estimate of drug-likeness (QED) is 0.410. The van der Waals surface area contributed by atoms with Crippen molar-refractivity contribution in [3.63, 3.8) is 0 Å². The summed E-state index contributed by atoms with van der Waals surface area (Å²) in [6.45, 7) is 6.93. The molecule has 1 aromatic heterocycles. The Bertz CT molecular complexity index is 978. The molecule has 0 unspecified atom stereocenters. The van der Waals surface area contributed by atoms with E-state index in [0.717, 1.165) is 5.69 Å². The van der Waals surface area contributed by atoms with Crippen molar-refractivity contribution in [3.8, 4) is 0 Å². The number of rotatable bonds is 5. The molecule has 3 rings (SSSR count). The first-order valence-corrected chi connectivity index (χ1v) is 10.7. The molecule has 0 spiro atoms. The Morgan fingerprint density at radius 2 is 1.78 bits per heavy atom. The Morgan fingerprint density at radius 1 is 1.16 bits per heavy atom. The molecule has 0 atom stereocenters. The minimum absolute atomic E-state index is 0.222. The number of allylic oxidation sites excluding steroid dienone is 1. The number of carbonyl (C=O) groups excluding carboxylic acids is 1. The normalized spacial score (nSPS) is 10.1. The summed E-state index contributed by atoms with van der Waals surface area (Å²) in [6, 6.07) is 15.8. The van der Waals surface area contributed by atoms with Gasteiger partial charge < -0.3 is 16.0 Å². The van der Waals surface area contributed by atoms with Crippen molar-refractivity contribution < 1.29 is 9.18 Å². The lowest BCUT2D eigenvalue weighted by molar-refractivity contribution is 0.102. The number of halogens is 1. The molecule has 8 heteroatoms. The highest BCUT2D eigenvalue weighted by molar-refractivity contribution is 8.08. The fraction of sp³-hybridized carbons (Fsp3) is 0.167. The van der Waals surface area contributed by atoms with Gasteiger partial charge in [-0.3, -0.25) is 9.78 Å². The smallest absolute Gasteiger partial charge is 0.275 e. The number of nitrogens with two attached hydrogens (primary N) is 1. The van der Waals surface area contributed by atoms with E-state index in [-0.39, 0.29) is 17.4 Å². The van der Waals surface area contributed by atoms with Crippen LogP contribution in [0.25, 0.3) is 4.91 Å². The zero-order valence-electron chi connectivity index (χ0n) is 18.5. The van der Waals surface area contributed by atoms with Crippen molar-refractivity contribution in [1.29, 1.82) is 0 Å². The first-order chi connectivity index (χ1) is 15.4. The van der Waals surface area contributed by atoms with Crippen LogP contribution >= 0.6 is 11.8 Å². The number of thioether (sulfide) groups is 1. The highest BCUT2D eigenvalue weighted by atomic mass is 32.2. The van der Waals surface area contributed by atoms with Crippen LogP contribution in [0.5, 0.6) is 0 Å². The molecule has 0 fully saturated rings. The van der Waals surface area contributed by atoms with Crippen molar-refractivity contribution in [2.45, 2.75) is 13.8 Å². The first kappa shape index (κ1) is 26.7. The third-order valence-corrected chi connectivity index (χ3v) is 4.62. The molecular formula is C24H28FN5OS. The topological polar surface area (TPSA) is 93.3 Å². The molecule has 0 aliphatic rings. The van der Waals surface area contributed by atoms with Gasteiger partial charge in [0, 0.05) is 29.7 Å². The molecule has 3 N–H and O–H groups in total. The first-order valence-electron chi connectivity index (χ1n) is 9.70. The summed E-state index contributed by atoms with van der Waals surface area (Å²) in [7, 11) is 1.64. The van der Waals surface area contributed by atoms with Crippen LogP contribution in [0.4, 0.5) is 10.1 Å². The largest absolute Gasteiger partial charge is 0.322 e. The number of nitrogens with zero attached hydrogens (tertiary/aromatic N) is 3. The SMILES string of the molecule is C/C=C(\SCN)c1ccccc1.C=NC.Cc1cnc(C(=O)Nc2ccc(F)cc2)cn1. The molecule has 0 radical (unpaired) electrons. The van der Waals surface area contributed by atoms with Gasteiger partial charge in [0.25, 0.3) is 5.91 Å². The summed E-state index contributed by atoms with van der Waals surface area (Å²) in [5.74, 6) is -0.0867. The number of aromatic nitrogens is 2. The third kappa shape index (κ3) is 10.1. The second-order valence-corrected chi connectivity index (χ2v) is 7.21. The van der Waals surface area contributed by atoms with Crippen LogP contribution in [0, 0.1) is 12.7 Å². The number of aliphatic imine (C=N–C) groups is 1. The zero-order chi connectivity index (χ0) is 23.8. The predicted molar refractivity (Wildman–Crippen MR) is 133 cm³/mol. The molecule has 0 saturated carbocycles. The van der Waals surface area contributed by atoms with Crippen LogP contribution in [0.1, 0.15) is 28.7 Å². The standard InChI is InChI=1S/C12H10FN3O.C10H13NS.C2H5N/c1-8-6-15-11(7-14-8)12(17)16-10-4-2-9(13)3-5-10;1-2-10(12-8-11)9-6-4-3-5-7-9;1-3-2/h2-7H,1H3,(H,16,17);2-7H,8,11H2,1H3;1H2,2H3/b;10-2-;. The van der Waals surface area contributed by atoms with Crippen molar-refractivity contribution in [2.75, 3.05) is 18.2 Å². The average Bonchev–Trinajstić information content (AvgIpc) is 2.81. The Labute approximate surface area is 192 Å². The number of nitrogens with one attached hydrogen (secondary N) is 1. The van der Waals surface area contributed by atoms with Gasteiger partial charge in [0.05, 0.1) is 11.9 Å². The summed E-state index contributed by atoms with van der Waals surface area (Å²) in [4.78, 5) is 24.1. The van der Waals surface area contributed by atoms with Crippen molar-refractivity contribution in [2.24, 2.45) is 10.7 Å². The van der Waals surface area contributed by atoms with Crippen LogP contribution in [0.2, 0.25) is 0 Å². The lowest BCUT2D eigenvalue weighted by Gasteiger charge is -2.04. The van der Waals surface area contributed by atoms with Crippen LogP contribution in [-0.2, 0) is 0 Å². The number of amides is 1.